The number of amides is 1. The van der Waals surface area contributed by atoms with Gasteiger partial charge in [0.25, 0.3) is 5.91 Å². The van der Waals surface area contributed by atoms with Crippen molar-refractivity contribution in [1.82, 2.24) is 5.32 Å². The lowest BCUT2D eigenvalue weighted by molar-refractivity contribution is -0.605. The summed E-state index contributed by atoms with van der Waals surface area (Å²) in [5.74, 6) is -0.427. The molecule has 2 rings (SSSR count). The van der Waals surface area contributed by atoms with Crippen LogP contribution in [0.15, 0.2) is 48.8 Å². The van der Waals surface area contributed by atoms with Gasteiger partial charge in [-0.25, -0.2) is 0 Å². The van der Waals surface area contributed by atoms with E-state index < -0.39 is 11.9 Å². The monoisotopic (exact) mass is 292 g/mol. The topological polar surface area (TPSA) is 76.3 Å². The van der Waals surface area contributed by atoms with Crippen LogP contribution >= 0.6 is 11.6 Å². The fraction of sp³-hybridized carbons (Fsp3) is 0.143. The molecule has 1 unspecified atom stereocenters. The van der Waals surface area contributed by atoms with Crippen LogP contribution in [0.2, 0.25) is 5.02 Å². The molecule has 0 aliphatic carbocycles. The molecule has 20 heavy (non-hydrogen) atoms. The van der Waals surface area contributed by atoms with Gasteiger partial charge in [-0.2, -0.15) is 4.73 Å². The predicted molar refractivity (Wildman–Crippen MR) is 74.1 cm³/mol. The number of hydrogen-bond donors (Lipinski definition) is 2. The Morgan fingerprint density at radius 2 is 2.05 bits per heavy atom. The number of benzene rings is 1. The summed E-state index contributed by atoms with van der Waals surface area (Å²) in [4.78, 5) is 12.0. The van der Waals surface area contributed by atoms with Crippen molar-refractivity contribution in [3.63, 3.8) is 0 Å². The Kier molecular flexibility index (Phi) is 4.55. The molecule has 1 heterocycles. The number of aliphatic hydroxyl groups excluding tert-OH is 1. The van der Waals surface area contributed by atoms with E-state index in [2.05, 4.69) is 5.32 Å². The molecule has 0 fully saturated rings. The summed E-state index contributed by atoms with van der Waals surface area (Å²) >= 11 is 5.79. The van der Waals surface area contributed by atoms with E-state index in [0.29, 0.717) is 9.75 Å². The van der Waals surface area contributed by atoms with Crippen LogP contribution in [0.1, 0.15) is 22.0 Å². The number of nitrogens with zero attached hydrogens (tertiary/aromatic N) is 1. The SMILES string of the molecule is O=C(NC(CO)c1ccc(Cl)cc1)c1ccc[n+]([O-])c1. The average molecular weight is 293 g/mol. The number of aliphatic hydroxyl groups is 1. The van der Waals surface area contributed by atoms with Gasteiger partial charge in [0.05, 0.1) is 12.6 Å². The number of carbonyl (C=O) groups is 1. The van der Waals surface area contributed by atoms with Crippen LogP contribution < -0.4 is 10.0 Å². The van der Waals surface area contributed by atoms with Gasteiger partial charge in [0.1, 0.15) is 5.56 Å². The van der Waals surface area contributed by atoms with Gasteiger partial charge in [0.15, 0.2) is 12.4 Å². The second-order valence-electron chi connectivity index (χ2n) is 4.21. The molecule has 1 amide bonds. The van der Waals surface area contributed by atoms with E-state index in [9.17, 15) is 15.1 Å². The highest BCUT2D eigenvalue weighted by atomic mass is 35.5. The molecule has 0 saturated carbocycles. The number of halogens is 1. The summed E-state index contributed by atoms with van der Waals surface area (Å²) in [7, 11) is 0. The average Bonchev–Trinajstić information content (AvgIpc) is 2.45. The maximum Gasteiger partial charge on any atom is 0.257 e. The zero-order valence-corrected chi connectivity index (χ0v) is 11.2. The molecule has 1 aromatic heterocycles. The maximum absolute atomic E-state index is 12.0. The lowest BCUT2D eigenvalue weighted by atomic mass is 10.1. The third kappa shape index (κ3) is 3.46. The Morgan fingerprint density at radius 3 is 2.65 bits per heavy atom. The van der Waals surface area contributed by atoms with E-state index in [1.807, 2.05) is 0 Å². The standard InChI is InChI=1S/C14H13ClN2O3/c15-12-5-3-10(4-6-12)13(9-18)16-14(19)11-2-1-7-17(20)8-11/h1-8,13,18H,9H2,(H,16,19). The zero-order valence-electron chi connectivity index (χ0n) is 10.5. The van der Waals surface area contributed by atoms with Gasteiger partial charge in [-0.05, 0) is 23.8 Å². The summed E-state index contributed by atoms with van der Waals surface area (Å²) in [5, 5.41) is 23.8. The molecule has 0 aliphatic heterocycles. The van der Waals surface area contributed by atoms with Crippen LogP contribution in [0.4, 0.5) is 0 Å². The Hall–Kier alpha value is -2.11. The van der Waals surface area contributed by atoms with E-state index in [-0.39, 0.29) is 12.2 Å². The molecule has 6 heteroatoms. The molecule has 0 aliphatic rings. The third-order valence-corrected chi connectivity index (χ3v) is 3.05. The van der Waals surface area contributed by atoms with Gasteiger partial charge in [0, 0.05) is 11.1 Å². The Morgan fingerprint density at radius 1 is 1.35 bits per heavy atom. The van der Waals surface area contributed by atoms with E-state index in [1.54, 1.807) is 24.3 Å². The summed E-state index contributed by atoms with van der Waals surface area (Å²) < 4.78 is 0.547. The van der Waals surface area contributed by atoms with Crippen LogP contribution in [-0.2, 0) is 0 Å². The van der Waals surface area contributed by atoms with Gasteiger partial charge >= 0.3 is 0 Å². The number of aromatic nitrogens is 1. The summed E-state index contributed by atoms with van der Waals surface area (Å²) in [6.07, 6.45) is 2.46. The second kappa shape index (κ2) is 6.36. The highest BCUT2D eigenvalue weighted by Gasteiger charge is 2.16. The second-order valence-corrected chi connectivity index (χ2v) is 4.65. The first-order valence-electron chi connectivity index (χ1n) is 5.96. The van der Waals surface area contributed by atoms with E-state index >= 15 is 0 Å². The van der Waals surface area contributed by atoms with Crippen LogP contribution in [0.25, 0.3) is 0 Å². The van der Waals surface area contributed by atoms with Crippen molar-refractivity contribution in [1.29, 1.82) is 0 Å². The molecule has 1 atom stereocenters. The van der Waals surface area contributed by atoms with Crippen molar-refractivity contribution in [2.75, 3.05) is 6.61 Å². The van der Waals surface area contributed by atoms with Crippen molar-refractivity contribution < 1.29 is 14.6 Å². The molecule has 5 nitrogen and oxygen atoms in total. The lowest BCUT2D eigenvalue weighted by Crippen LogP contribution is -2.33. The van der Waals surface area contributed by atoms with Gasteiger partial charge in [-0.15, -0.1) is 0 Å². The quantitative estimate of drug-likeness (QED) is 0.661. The van der Waals surface area contributed by atoms with Crippen LogP contribution in [0, 0.1) is 5.21 Å². The number of rotatable bonds is 4. The minimum Gasteiger partial charge on any atom is -0.619 e. The van der Waals surface area contributed by atoms with Gasteiger partial charge < -0.3 is 15.6 Å². The van der Waals surface area contributed by atoms with Gasteiger partial charge in [-0.3, -0.25) is 4.79 Å². The summed E-state index contributed by atoms with van der Waals surface area (Å²) in [5.41, 5.74) is 0.964. The van der Waals surface area contributed by atoms with Crippen LogP contribution in [0.5, 0.6) is 0 Å². The van der Waals surface area contributed by atoms with Crippen molar-refractivity contribution in [3.05, 3.63) is 70.1 Å². The van der Waals surface area contributed by atoms with E-state index in [0.717, 1.165) is 5.56 Å². The van der Waals surface area contributed by atoms with Crippen molar-refractivity contribution in [2.45, 2.75) is 6.04 Å². The molecule has 1 aromatic carbocycles. The number of pyridine rings is 1. The molecule has 104 valence electrons. The van der Waals surface area contributed by atoms with Crippen molar-refractivity contribution >= 4 is 17.5 Å². The molecule has 0 spiro atoms. The summed E-state index contributed by atoms with van der Waals surface area (Å²) in [6.45, 7) is -0.252. The Labute approximate surface area is 121 Å². The summed E-state index contributed by atoms with van der Waals surface area (Å²) in [6, 6.07) is 9.27. The fourth-order valence-electron chi connectivity index (χ4n) is 1.76. The smallest absolute Gasteiger partial charge is 0.257 e. The zero-order chi connectivity index (χ0) is 14.5. The first-order valence-corrected chi connectivity index (χ1v) is 6.34. The first-order chi connectivity index (χ1) is 9.60. The van der Waals surface area contributed by atoms with Crippen LogP contribution in [0.3, 0.4) is 0 Å². The lowest BCUT2D eigenvalue weighted by Gasteiger charge is -2.16. The largest absolute Gasteiger partial charge is 0.619 e. The normalized spacial score (nSPS) is 11.9. The van der Waals surface area contributed by atoms with E-state index in [1.165, 1.54) is 24.5 Å². The molecular weight excluding hydrogens is 280 g/mol. The third-order valence-electron chi connectivity index (χ3n) is 2.80. The first kappa shape index (κ1) is 14.3. The minimum absolute atomic E-state index is 0.231. The highest BCUT2D eigenvalue weighted by molar-refractivity contribution is 6.30. The number of carbonyl (C=O) groups excluding carboxylic acids is 1. The van der Waals surface area contributed by atoms with Crippen molar-refractivity contribution in [3.8, 4) is 0 Å². The molecular formula is C14H13ClN2O3. The molecule has 0 saturated heterocycles. The Balaban J connectivity index is 2.14. The number of nitrogens with one attached hydrogen (secondary N) is 1. The minimum atomic E-state index is -0.555. The van der Waals surface area contributed by atoms with Gasteiger partial charge in [-0.1, -0.05) is 23.7 Å². The highest BCUT2D eigenvalue weighted by Crippen LogP contribution is 2.16. The predicted octanol–water partition coefficient (Wildman–Crippen LogP) is 1.44. The molecule has 0 radical (unpaired) electrons. The number of hydrogen-bond acceptors (Lipinski definition) is 3. The molecule has 2 aromatic rings. The molecule has 2 N–H and O–H groups in total. The fourth-order valence-corrected chi connectivity index (χ4v) is 1.89. The van der Waals surface area contributed by atoms with Crippen LogP contribution in [-0.4, -0.2) is 17.6 Å². The van der Waals surface area contributed by atoms with E-state index in [4.69, 9.17) is 11.6 Å². The maximum atomic E-state index is 12.0. The van der Waals surface area contributed by atoms with Crippen molar-refractivity contribution in [2.24, 2.45) is 0 Å². The Bertz CT molecular complexity index is 602. The van der Waals surface area contributed by atoms with Gasteiger partial charge in [0.2, 0.25) is 0 Å². The molecule has 0 bridgehead atoms.